The first-order chi connectivity index (χ1) is 12.8. The molecule has 1 atom stereocenters. The van der Waals surface area contributed by atoms with Gasteiger partial charge in [0.25, 0.3) is 0 Å². The van der Waals surface area contributed by atoms with E-state index in [1.54, 1.807) is 0 Å². The molecule has 134 valence electrons. The summed E-state index contributed by atoms with van der Waals surface area (Å²) in [6.45, 7) is 0.399. The lowest BCUT2D eigenvalue weighted by Crippen LogP contribution is -2.33. The van der Waals surface area contributed by atoms with Crippen LogP contribution in [0.2, 0.25) is 0 Å². The molecule has 2 heterocycles. The predicted octanol–water partition coefficient (Wildman–Crippen LogP) is 1.57. The molecule has 1 aromatic carbocycles. The Morgan fingerprint density at radius 2 is 2.04 bits per heavy atom. The van der Waals surface area contributed by atoms with Crippen molar-refractivity contribution in [3.05, 3.63) is 59.2 Å². The highest BCUT2D eigenvalue weighted by molar-refractivity contribution is 5.83. The summed E-state index contributed by atoms with van der Waals surface area (Å²) in [7, 11) is 0. The lowest BCUT2D eigenvalue weighted by atomic mass is 10.1. The maximum Gasteiger partial charge on any atom is 0.249 e. The number of rotatable bonds is 5. The Labute approximate surface area is 151 Å². The third-order valence-electron chi connectivity index (χ3n) is 4.82. The minimum absolute atomic E-state index is 0.158. The van der Waals surface area contributed by atoms with Gasteiger partial charge in [0.05, 0.1) is 12.2 Å². The van der Waals surface area contributed by atoms with Gasteiger partial charge in [-0.15, -0.1) is 5.10 Å². The molecule has 0 bridgehead atoms. The average molecular weight is 351 g/mol. The fourth-order valence-corrected chi connectivity index (χ4v) is 3.49. The molecule has 0 saturated heterocycles. The Kier molecular flexibility index (Phi) is 4.72. The summed E-state index contributed by atoms with van der Waals surface area (Å²) in [6, 6.07) is 8.89. The SMILES string of the molecule is O=C(NCc1n[nH]c2c1CCCCC2)C(c1ccccc1)n1cnnn1. The van der Waals surface area contributed by atoms with Gasteiger partial charge in [-0.1, -0.05) is 36.8 Å². The van der Waals surface area contributed by atoms with E-state index in [9.17, 15) is 4.79 Å². The molecule has 1 amide bonds. The number of tetrazole rings is 1. The fraction of sp³-hybridized carbons (Fsp3) is 0.389. The van der Waals surface area contributed by atoms with E-state index in [0.29, 0.717) is 6.54 Å². The number of fused-ring (bicyclic) bond motifs is 1. The lowest BCUT2D eigenvalue weighted by molar-refractivity contribution is -0.123. The molecule has 0 spiro atoms. The van der Waals surface area contributed by atoms with Crippen LogP contribution in [-0.2, 0) is 24.2 Å². The normalized spacial score (nSPS) is 15.1. The summed E-state index contributed by atoms with van der Waals surface area (Å²) in [4.78, 5) is 12.9. The van der Waals surface area contributed by atoms with Gasteiger partial charge in [-0.2, -0.15) is 5.10 Å². The van der Waals surface area contributed by atoms with Gasteiger partial charge < -0.3 is 5.32 Å². The van der Waals surface area contributed by atoms with Crippen LogP contribution in [0.3, 0.4) is 0 Å². The van der Waals surface area contributed by atoms with Crippen LogP contribution >= 0.6 is 0 Å². The number of carbonyl (C=O) groups is 1. The first-order valence-corrected chi connectivity index (χ1v) is 8.93. The van der Waals surface area contributed by atoms with E-state index >= 15 is 0 Å². The minimum atomic E-state index is -0.608. The first kappa shape index (κ1) is 16.4. The lowest BCUT2D eigenvalue weighted by Gasteiger charge is -2.16. The number of hydrogen-bond acceptors (Lipinski definition) is 5. The van der Waals surface area contributed by atoms with Crippen molar-refractivity contribution in [2.24, 2.45) is 0 Å². The van der Waals surface area contributed by atoms with E-state index in [0.717, 1.165) is 24.1 Å². The zero-order valence-corrected chi connectivity index (χ0v) is 14.4. The van der Waals surface area contributed by atoms with Crippen LogP contribution in [0.4, 0.5) is 0 Å². The molecule has 1 aliphatic carbocycles. The Balaban J connectivity index is 1.52. The zero-order valence-electron chi connectivity index (χ0n) is 14.4. The van der Waals surface area contributed by atoms with Gasteiger partial charge in [0, 0.05) is 5.69 Å². The van der Waals surface area contributed by atoms with Gasteiger partial charge in [0.15, 0.2) is 6.04 Å². The van der Waals surface area contributed by atoms with E-state index in [1.165, 1.54) is 41.5 Å². The fourth-order valence-electron chi connectivity index (χ4n) is 3.49. The number of aromatic amines is 1. The molecule has 26 heavy (non-hydrogen) atoms. The third kappa shape index (κ3) is 3.35. The molecule has 1 unspecified atom stereocenters. The summed E-state index contributed by atoms with van der Waals surface area (Å²) in [6.07, 6.45) is 7.11. The highest BCUT2D eigenvalue weighted by Gasteiger charge is 2.24. The Bertz CT molecular complexity index is 857. The molecular weight excluding hydrogens is 330 g/mol. The van der Waals surface area contributed by atoms with E-state index in [1.807, 2.05) is 30.3 Å². The number of nitrogens with zero attached hydrogens (tertiary/aromatic N) is 5. The molecule has 4 rings (SSSR count). The molecule has 3 aromatic rings. The van der Waals surface area contributed by atoms with E-state index in [4.69, 9.17) is 0 Å². The summed E-state index contributed by atoms with van der Waals surface area (Å²) in [5.74, 6) is -0.158. The van der Waals surface area contributed by atoms with E-state index < -0.39 is 6.04 Å². The van der Waals surface area contributed by atoms with Crippen LogP contribution in [0.5, 0.6) is 0 Å². The number of aryl methyl sites for hydroxylation is 1. The van der Waals surface area contributed by atoms with Crippen molar-refractivity contribution in [1.29, 1.82) is 0 Å². The van der Waals surface area contributed by atoms with Crippen LogP contribution in [0.25, 0.3) is 0 Å². The van der Waals surface area contributed by atoms with Crippen molar-refractivity contribution in [3.63, 3.8) is 0 Å². The standard InChI is InChI=1S/C18H21N7O/c26-18(17(25-12-20-23-24-25)13-7-3-1-4-8-13)19-11-16-14-9-5-2-6-10-15(14)21-22-16/h1,3-4,7-8,12,17H,2,5-6,9-11H2,(H,19,26)(H,21,22). The van der Waals surface area contributed by atoms with Crippen molar-refractivity contribution in [2.75, 3.05) is 0 Å². The molecule has 0 aliphatic heterocycles. The number of amides is 1. The molecule has 8 heteroatoms. The van der Waals surface area contributed by atoms with Crippen molar-refractivity contribution in [2.45, 2.75) is 44.7 Å². The molecule has 2 aromatic heterocycles. The van der Waals surface area contributed by atoms with Gasteiger partial charge in [-0.25, -0.2) is 4.68 Å². The van der Waals surface area contributed by atoms with E-state index in [-0.39, 0.29) is 5.91 Å². The zero-order chi connectivity index (χ0) is 17.8. The quantitative estimate of drug-likeness (QED) is 0.680. The molecule has 0 radical (unpaired) electrons. The second-order valence-electron chi connectivity index (χ2n) is 6.51. The number of H-pyrrole nitrogens is 1. The first-order valence-electron chi connectivity index (χ1n) is 8.93. The topological polar surface area (TPSA) is 101 Å². The van der Waals surface area contributed by atoms with Gasteiger partial charge >= 0.3 is 0 Å². The Hall–Kier alpha value is -3.03. The van der Waals surface area contributed by atoms with Gasteiger partial charge in [0.2, 0.25) is 5.91 Å². The number of carbonyl (C=O) groups excluding carboxylic acids is 1. The van der Waals surface area contributed by atoms with Crippen LogP contribution in [-0.4, -0.2) is 36.3 Å². The van der Waals surface area contributed by atoms with Crippen molar-refractivity contribution < 1.29 is 4.79 Å². The monoisotopic (exact) mass is 351 g/mol. The summed E-state index contributed by atoms with van der Waals surface area (Å²) >= 11 is 0. The van der Waals surface area contributed by atoms with Gasteiger partial charge in [-0.3, -0.25) is 9.89 Å². The molecule has 2 N–H and O–H groups in total. The number of hydrogen-bond donors (Lipinski definition) is 2. The summed E-state index contributed by atoms with van der Waals surface area (Å²) in [5, 5.41) is 21.8. The largest absolute Gasteiger partial charge is 0.348 e. The smallest absolute Gasteiger partial charge is 0.249 e. The average Bonchev–Trinajstić information content (AvgIpc) is 3.26. The predicted molar refractivity (Wildman–Crippen MR) is 94.1 cm³/mol. The summed E-state index contributed by atoms with van der Waals surface area (Å²) in [5.41, 5.74) is 4.24. The van der Waals surface area contributed by atoms with Crippen molar-refractivity contribution >= 4 is 5.91 Å². The van der Waals surface area contributed by atoms with E-state index in [2.05, 4.69) is 31.0 Å². The molecular formula is C18H21N7O. The van der Waals surface area contributed by atoms with Crippen molar-refractivity contribution in [3.8, 4) is 0 Å². The van der Waals surface area contributed by atoms with Crippen LogP contribution in [0, 0.1) is 0 Å². The third-order valence-corrected chi connectivity index (χ3v) is 4.82. The number of nitrogens with one attached hydrogen (secondary N) is 2. The molecule has 8 nitrogen and oxygen atoms in total. The van der Waals surface area contributed by atoms with Crippen LogP contribution in [0.1, 0.15) is 47.8 Å². The Morgan fingerprint density at radius 3 is 2.85 bits per heavy atom. The highest BCUT2D eigenvalue weighted by Crippen LogP contribution is 2.22. The second kappa shape index (κ2) is 7.47. The maximum absolute atomic E-state index is 12.9. The second-order valence-corrected chi connectivity index (χ2v) is 6.51. The van der Waals surface area contributed by atoms with Crippen LogP contribution < -0.4 is 5.32 Å². The van der Waals surface area contributed by atoms with Gasteiger partial charge in [-0.05, 0) is 47.2 Å². The molecule has 1 aliphatic rings. The number of aromatic nitrogens is 6. The molecule has 0 saturated carbocycles. The minimum Gasteiger partial charge on any atom is -0.348 e. The number of benzene rings is 1. The van der Waals surface area contributed by atoms with Crippen molar-refractivity contribution in [1.82, 2.24) is 35.7 Å². The Morgan fingerprint density at radius 1 is 1.19 bits per heavy atom. The summed E-state index contributed by atoms with van der Waals surface area (Å²) < 4.78 is 1.47. The van der Waals surface area contributed by atoms with Gasteiger partial charge in [0.1, 0.15) is 6.33 Å². The maximum atomic E-state index is 12.9. The highest BCUT2D eigenvalue weighted by atomic mass is 16.2. The van der Waals surface area contributed by atoms with Crippen LogP contribution in [0.15, 0.2) is 36.7 Å². The molecule has 0 fully saturated rings.